The number of allylic oxidation sites excluding steroid dienone is 4. The standard InChI is InChI=1S/C9H12N2O2/c1-6-2-3-7(8(12)4-6)5-9(13)11-10/h2-4,7H,5,10H2,1H3,(H,11,13). The van der Waals surface area contributed by atoms with Crippen molar-refractivity contribution >= 4 is 11.7 Å². The largest absolute Gasteiger partial charge is 0.294 e. The highest BCUT2D eigenvalue weighted by Crippen LogP contribution is 2.15. The molecule has 3 N–H and O–H groups in total. The average Bonchev–Trinajstić information content (AvgIpc) is 2.09. The first-order valence-electron chi connectivity index (χ1n) is 4.03. The van der Waals surface area contributed by atoms with Crippen LogP contribution in [0, 0.1) is 5.92 Å². The van der Waals surface area contributed by atoms with E-state index in [0.717, 1.165) is 5.57 Å². The van der Waals surface area contributed by atoms with Crippen LogP contribution < -0.4 is 11.3 Å². The van der Waals surface area contributed by atoms with Crippen molar-refractivity contribution in [3.8, 4) is 0 Å². The zero-order valence-electron chi connectivity index (χ0n) is 7.41. The molecule has 0 aromatic rings. The molecule has 1 rings (SSSR count). The summed E-state index contributed by atoms with van der Waals surface area (Å²) in [6, 6.07) is 0. The molecule has 0 radical (unpaired) electrons. The van der Waals surface area contributed by atoms with Crippen molar-refractivity contribution < 1.29 is 9.59 Å². The minimum Gasteiger partial charge on any atom is -0.294 e. The Bertz CT molecular complexity index is 292. The van der Waals surface area contributed by atoms with Crippen molar-refractivity contribution in [2.75, 3.05) is 0 Å². The van der Waals surface area contributed by atoms with Crippen molar-refractivity contribution in [1.29, 1.82) is 0 Å². The summed E-state index contributed by atoms with van der Waals surface area (Å²) in [4.78, 5) is 22.2. The van der Waals surface area contributed by atoms with Gasteiger partial charge in [-0.2, -0.15) is 0 Å². The van der Waals surface area contributed by atoms with E-state index in [-0.39, 0.29) is 24.0 Å². The Morgan fingerprint density at radius 1 is 1.69 bits per heavy atom. The molecule has 0 aromatic carbocycles. The smallest absolute Gasteiger partial charge is 0.234 e. The van der Waals surface area contributed by atoms with Gasteiger partial charge in [0.05, 0.1) is 0 Å². The van der Waals surface area contributed by atoms with Gasteiger partial charge in [-0.05, 0) is 18.6 Å². The van der Waals surface area contributed by atoms with Crippen LogP contribution in [0.4, 0.5) is 0 Å². The zero-order chi connectivity index (χ0) is 9.84. The van der Waals surface area contributed by atoms with Crippen LogP contribution in [0.2, 0.25) is 0 Å². The second-order valence-corrected chi connectivity index (χ2v) is 3.03. The third kappa shape index (κ3) is 2.52. The lowest BCUT2D eigenvalue weighted by molar-refractivity contribution is -0.125. The van der Waals surface area contributed by atoms with Crippen molar-refractivity contribution in [2.45, 2.75) is 13.3 Å². The highest BCUT2D eigenvalue weighted by molar-refractivity contribution is 5.97. The Labute approximate surface area is 76.5 Å². The van der Waals surface area contributed by atoms with Gasteiger partial charge in [-0.15, -0.1) is 0 Å². The SMILES string of the molecule is CC1=CC(=O)C(CC(=O)NN)C=C1. The van der Waals surface area contributed by atoms with Gasteiger partial charge in [-0.25, -0.2) is 5.84 Å². The van der Waals surface area contributed by atoms with E-state index in [4.69, 9.17) is 5.84 Å². The normalized spacial score (nSPS) is 21.2. The van der Waals surface area contributed by atoms with Gasteiger partial charge in [-0.3, -0.25) is 15.0 Å². The number of amides is 1. The van der Waals surface area contributed by atoms with Crippen molar-refractivity contribution in [3.63, 3.8) is 0 Å². The van der Waals surface area contributed by atoms with Gasteiger partial charge in [0, 0.05) is 12.3 Å². The molecule has 0 fully saturated rings. The van der Waals surface area contributed by atoms with E-state index in [0.29, 0.717) is 0 Å². The van der Waals surface area contributed by atoms with Gasteiger partial charge in [-0.1, -0.05) is 12.2 Å². The van der Waals surface area contributed by atoms with E-state index in [1.54, 1.807) is 6.08 Å². The van der Waals surface area contributed by atoms with E-state index in [1.807, 2.05) is 18.4 Å². The Kier molecular flexibility index (Phi) is 2.97. The first-order valence-corrected chi connectivity index (χ1v) is 4.03. The lowest BCUT2D eigenvalue weighted by Gasteiger charge is -2.11. The summed E-state index contributed by atoms with van der Waals surface area (Å²) in [6.07, 6.45) is 5.22. The van der Waals surface area contributed by atoms with Crippen LogP contribution in [0.25, 0.3) is 0 Å². The molecule has 70 valence electrons. The molecule has 1 aliphatic carbocycles. The molecule has 0 bridgehead atoms. The highest BCUT2D eigenvalue weighted by Gasteiger charge is 2.19. The maximum absolute atomic E-state index is 11.3. The summed E-state index contributed by atoms with van der Waals surface area (Å²) in [6.45, 7) is 1.84. The molecule has 4 heteroatoms. The first kappa shape index (κ1) is 9.67. The monoisotopic (exact) mass is 180 g/mol. The molecule has 0 saturated heterocycles. The fourth-order valence-electron chi connectivity index (χ4n) is 1.17. The predicted molar refractivity (Wildman–Crippen MR) is 48.3 cm³/mol. The molecule has 1 unspecified atom stereocenters. The summed E-state index contributed by atoms with van der Waals surface area (Å²) < 4.78 is 0. The number of carbonyl (C=O) groups excluding carboxylic acids is 2. The van der Waals surface area contributed by atoms with E-state index < -0.39 is 0 Å². The number of rotatable bonds is 2. The topological polar surface area (TPSA) is 72.2 Å². The van der Waals surface area contributed by atoms with Crippen LogP contribution in [0.15, 0.2) is 23.8 Å². The molecule has 0 aromatic heterocycles. The zero-order valence-corrected chi connectivity index (χ0v) is 7.41. The molecule has 0 saturated carbocycles. The summed E-state index contributed by atoms with van der Waals surface area (Å²) in [7, 11) is 0. The van der Waals surface area contributed by atoms with Crippen LogP contribution in [0.1, 0.15) is 13.3 Å². The Hall–Kier alpha value is -1.42. The quantitative estimate of drug-likeness (QED) is 0.359. The molecular formula is C9H12N2O2. The van der Waals surface area contributed by atoms with Crippen molar-refractivity contribution in [1.82, 2.24) is 5.43 Å². The molecule has 0 heterocycles. The summed E-state index contributed by atoms with van der Waals surface area (Å²) >= 11 is 0. The van der Waals surface area contributed by atoms with Gasteiger partial charge in [0.15, 0.2) is 5.78 Å². The van der Waals surface area contributed by atoms with E-state index in [2.05, 4.69) is 0 Å². The number of hydrazine groups is 1. The molecule has 1 atom stereocenters. The Morgan fingerprint density at radius 3 is 2.92 bits per heavy atom. The lowest BCUT2D eigenvalue weighted by Crippen LogP contribution is -2.32. The third-order valence-electron chi connectivity index (χ3n) is 1.89. The minimum absolute atomic E-state index is 0.0383. The second-order valence-electron chi connectivity index (χ2n) is 3.03. The van der Waals surface area contributed by atoms with Crippen LogP contribution in [0.5, 0.6) is 0 Å². The maximum Gasteiger partial charge on any atom is 0.234 e. The molecule has 13 heavy (non-hydrogen) atoms. The molecule has 1 amide bonds. The minimum atomic E-state index is -0.354. The van der Waals surface area contributed by atoms with Gasteiger partial charge in [0.25, 0.3) is 0 Å². The van der Waals surface area contributed by atoms with Crippen molar-refractivity contribution in [2.24, 2.45) is 11.8 Å². The summed E-state index contributed by atoms with van der Waals surface area (Å²) in [5.74, 6) is 4.20. The lowest BCUT2D eigenvalue weighted by atomic mass is 9.93. The van der Waals surface area contributed by atoms with E-state index >= 15 is 0 Å². The second kappa shape index (κ2) is 4.00. The average molecular weight is 180 g/mol. The fourth-order valence-corrected chi connectivity index (χ4v) is 1.17. The molecule has 4 nitrogen and oxygen atoms in total. The fraction of sp³-hybridized carbons (Fsp3) is 0.333. The van der Waals surface area contributed by atoms with E-state index in [9.17, 15) is 9.59 Å². The van der Waals surface area contributed by atoms with Crippen molar-refractivity contribution in [3.05, 3.63) is 23.8 Å². The molecule has 0 aliphatic heterocycles. The predicted octanol–water partition coefficient (Wildman–Crippen LogP) is 0.0678. The van der Waals surface area contributed by atoms with E-state index in [1.165, 1.54) is 6.08 Å². The number of nitrogens with two attached hydrogens (primary N) is 1. The van der Waals surface area contributed by atoms with Crippen LogP contribution in [-0.4, -0.2) is 11.7 Å². The molecular weight excluding hydrogens is 168 g/mol. The molecule has 0 spiro atoms. The van der Waals surface area contributed by atoms with Gasteiger partial charge >= 0.3 is 0 Å². The maximum atomic E-state index is 11.3. The number of carbonyl (C=O) groups is 2. The Balaban J connectivity index is 2.60. The highest BCUT2D eigenvalue weighted by atomic mass is 16.2. The van der Waals surface area contributed by atoms with Gasteiger partial charge < -0.3 is 0 Å². The third-order valence-corrected chi connectivity index (χ3v) is 1.89. The molecule has 1 aliphatic rings. The van der Waals surface area contributed by atoms with Gasteiger partial charge in [0.1, 0.15) is 0 Å². The number of ketones is 1. The number of nitrogens with one attached hydrogen (secondary N) is 1. The number of hydrogen-bond acceptors (Lipinski definition) is 3. The summed E-state index contributed by atoms with van der Waals surface area (Å²) in [5.41, 5.74) is 2.91. The number of hydrogen-bond donors (Lipinski definition) is 2. The summed E-state index contributed by atoms with van der Waals surface area (Å²) in [5, 5.41) is 0. The van der Waals surface area contributed by atoms with Crippen LogP contribution in [0.3, 0.4) is 0 Å². The van der Waals surface area contributed by atoms with Gasteiger partial charge in [0.2, 0.25) is 5.91 Å². The van der Waals surface area contributed by atoms with Crippen LogP contribution >= 0.6 is 0 Å². The van der Waals surface area contributed by atoms with Crippen LogP contribution in [-0.2, 0) is 9.59 Å². The Morgan fingerprint density at radius 2 is 2.38 bits per heavy atom. The first-order chi connectivity index (χ1) is 6.13.